The number of hydrogen-bond acceptors (Lipinski definition) is 3. The zero-order valence-electron chi connectivity index (χ0n) is 8.41. The fraction of sp³-hybridized carbons (Fsp3) is 0.636. The molecule has 1 fully saturated rings. The Labute approximate surface area is 84.7 Å². The van der Waals surface area contributed by atoms with Gasteiger partial charge in [-0.2, -0.15) is 0 Å². The number of hydrogen-bond donors (Lipinski definition) is 2. The molecule has 1 unspecified atom stereocenters. The van der Waals surface area contributed by atoms with E-state index >= 15 is 0 Å². The maximum Gasteiger partial charge on any atom is 0.0950 e. The van der Waals surface area contributed by atoms with Gasteiger partial charge in [-0.05, 0) is 18.9 Å². The van der Waals surface area contributed by atoms with Gasteiger partial charge in [0.15, 0.2) is 0 Å². The van der Waals surface area contributed by atoms with Crippen molar-refractivity contribution < 1.29 is 4.42 Å². The normalized spacial score (nSPS) is 20.1. The molecule has 0 aliphatic heterocycles. The molecule has 1 aliphatic carbocycles. The van der Waals surface area contributed by atoms with Crippen molar-refractivity contribution in [2.24, 2.45) is 5.73 Å². The molecule has 1 heterocycles. The summed E-state index contributed by atoms with van der Waals surface area (Å²) in [5, 5.41) is 3.58. The van der Waals surface area contributed by atoms with Gasteiger partial charge < -0.3 is 15.5 Å². The first-order chi connectivity index (χ1) is 6.90. The summed E-state index contributed by atoms with van der Waals surface area (Å²) in [7, 11) is 0. The van der Waals surface area contributed by atoms with Crippen molar-refractivity contribution in [1.82, 2.24) is 5.32 Å². The van der Waals surface area contributed by atoms with E-state index in [1.807, 2.05) is 6.07 Å². The van der Waals surface area contributed by atoms with Crippen molar-refractivity contribution >= 4 is 0 Å². The molecule has 0 amide bonds. The molecule has 0 saturated heterocycles. The average molecular weight is 194 g/mol. The van der Waals surface area contributed by atoms with E-state index in [2.05, 4.69) is 5.32 Å². The summed E-state index contributed by atoms with van der Waals surface area (Å²) in [5.41, 5.74) is 6.90. The lowest BCUT2D eigenvalue weighted by Gasteiger charge is -2.20. The molecule has 1 atom stereocenters. The molecule has 3 N–H and O–H groups in total. The van der Waals surface area contributed by atoms with Crippen molar-refractivity contribution in [3.8, 4) is 0 Å². The van der Waals surface area contributed by atoms with Crippen molar-refractivity contribution in [2.75, 3.05) is 6.54 Å². The Hall–Kier alpha value is -0.800. The summed E-state index contributed by atoms with van der Waals surface area (Å²) in [5.74, 6) is 0. The van der Waals surface area contributed by atoms with Crippen LogP contribution in [0.25, 0.3) is 0 Å². The molecule has 3 heteroatoms. The molecule has 0 radical (unpaired) electrons. The van der Waals surface area contributed by atoms with Crippen LogP contribution in [0, 0.1) is 0 Å². The first-order valence-electron chi connectivity index (χ1n) is 5.38. The van der Waals surface area contributed by atoms with Crippen LogP contribution in [0.3, 0.4) is 0 Å². The largest absolute Gasteiger partial charge is 0.472 e. The average Bonchev–Trinajstić information content (AvgIpc) is 2.86. The minimum atomic E-state index is 0.261. The fourth-order valence-corrected chi connectivity index (χ4v) is 2.15. The second-order valence-electron chi connectivity index (χ2n) is 3.99. The van der Waals surface area contributed by atoms with Crippen LogP contribution in [0.4, 0.5) is 0 Å². The smallest absolute Gasteiger partial charge is 0.0950 e. The molecule has 1 aliphatic rings. The third-order valence-electron chi connectivity index (χ3n) is 2.97. The lowest BCUT2D eigenvalue weighted by molar-refractivity contribution is 0.440. The summed E-state index contributed by atoms with van der Waals surface area (Å²) in [6.07, 6.45) is 8.75. The summed E-state index contributed by atoms with van der Waals surface area (Å²) in [6, 6.07) is 2.90. The summed E-state index contributed by atoms with van der Waals surface area (Å²) < 4.78 is 5.07. The highest BCUT2D eigenvalue weighted by atomic mass is 16.3. The standard InChI is InChI=1S/C11H18N2O/c12-7-11(9-5-6-14-8-9)13-10-3-1-2-4-10/h5-6,8,10-11,13H,1-4,7,12H2. The maximum atomic E-state index is 5.74. The summed E-state index contributed by atoms with van der Waals surface area (Å²) in [4.78, 5) is 0. The lowest BCUT2D eigenvalue weighted by Crippen LogP contribution is -2.34. The van der Waals surface area contributed by atoms with Crippen LogP contribution in [0.1, 0.15) is 37.3 Å². The lowest BCUT2D eigenvalue weighted by atomic mass is 10.1. The molecule has 1 aromatic heterocycles. The van der Waals surface area contributed by atoms with E-state index in [-0.39, 0.29) is 6.04 Å². The molecule has 0 aromatic carbocycles. The Morgan fingerprint density at radius 2 is 2.29 bits per heavy atom. The predicted molar refractivity (Wildman–Crippen MR) is 55.9 cm³/mol. The van der Waals surface area contributed by atoms with E-state index in [1.165, 1.54) is 31.2 Å². The SMILES string of the molecule is NCC(NC1CCCC1)c1ccoc1. The Kier molecular flexibility index (Phi) is 3.22. The summed E-state index contributed by atoms with van der Waals surface area (Å²) >= 11 is 0. The first-order valence-corrected chi connectivity index (χ1v) is 5.38. The second kappa shape index (κ2) is 4.62. The van der Waals surface area contributed by atoms with Gasteiger partial charge in [0.2, 0.25) is 0 Å². The van der Waals surface area contributed by atoms with Crippen LogP contribution in [0.2, 0.25) is 0 Å². The van der Waals surface area contributed by atoms with Crippen molar-refractivity contribution in [3.63, 3.8) is 0 Å². The molecule has 14 heavy (non-hydrogen) atoms. The molecule has 3 nitrogen and oxygen atoms in total. The highest BCUT2D eigenvalue weighted by molar-refractivity contribution is 5.12. The van der Waals surface area contributed by atoms with Crippen LogP contribution >= 0.6 is 0 Å². The second-order valence-corrected chi connectivity index (χ2v) is 3.99. The maximum absolute atomic E-state index is 5.74. The number of nitrogens with one attached hydrogen (secondary N) is 1. The van der Waals surface area contributed by atoms with Crippen molar-refractivity contribution in [1.29, 1.82) is 0 Å². The van der Waals surface area contributed by atoms with E-state index in [0.717, 1.165) is 0 Å². The molecule has 0 bridgehead atoms. The topological polar surface area (TPSA) is 51.2 Å². The monoisotopic (exact) mass is 194 g/mol. The van der Waals surface area contributed by atoms with E-state index in [0.29, 0.717) is 12.6 Å². The van der Waals surface area contributed by atoms with Crippen LogP contribution < -0.4 is 11.1 Å². The van der Waals surface area contributed by atoms with Gasteiger partial charge in [-0.3, -0.25) is 0 Å². The van der Waals surface area contributed by atoms with Crippen LogP contribution in [-0.4, -0.2) is 12.6 Å². The molecule has 1 saturated carbocycles. The van der Waals surface area contributed by atoms with E-state index in [1.54, 1.807) is 12.5 Å². The number of nitrogens with two attached hydrogens (primary N) is 1. The highest BCUT2D eigenvalue weighted by Gasteiger charge is 2.19. The molecule has 0 spiro atoms. The molecule has 78 valence electrons. The van der Waals surface area contributed by atoms with E-state index in [9.17, 15) is 0 Å². The minimum Gasteiger partial charge on any atom is -0.472 e. The van der Waals surface area contributed by atoms with E-state index in [4.69, 9.17) is 10.2 Å². The number of rotatable bonds is 4. The number of furan rings is 1. The van der Waals surface area contributed by atoms with Crippen LogP contribution in [0.15, 0.2) is 23.0 Å². The van der Waals surface area contributed by atoms with Gasteiger partial charge in [-0.25, -0.2) is 0 Å². The van der Waals surface area contributed by atoms with Crippen LogP contribution in [0.5, 0.6) is 0 Å². The van der Waals surface area contributed by atoms with Gasteiger partial charge >= 0.3 is 0 Å². The summed E-state index contributed by atoms with van der Waals surface area (Å²) in [6.45, 7) is 0.635. The van der Waals surface area contributed by atoms with E-state index < -0.39 is 0 Å². The predicted octanol–water partition coefficient (Wildman–Crippen LogP) is 1.81. The Bertz CT molecular complexity index is 252. The van der Waals surface area contributed by atoms with Crippen LogP contribution in [-0.2, 0) is 0 Å². The van der Waals surface area contributed by atoms with Gasteiger partial charge in [-0.15, -0.1) is 0 Å². The van der Waals surface area contributed by atoms with Gasteiger partial charge in [0.25, 0.3) is 0 Å². The van der Waals surface area contributed by atoms with Gasteiger partial charge in [-0.1, -0.05) is 12.8 Å². The Morgan fingerprint density at radius 3 is 2.86 bits per heavy atom. The van der Waals surface area contributed by atoms with Crippen molar-refractivity contribution in [2.45, 2.75) is 37.8 Å². The molecule has 1 aromatic rings. The zero-order chi connectivity index (χ0) is 9.80. The molecular weight excluding hydrogens is 176 g/mol. The van der Waals surface area contributed by atoms with Gasteiger partial charge in [0.05, 0.1) is 12.5 Å². The third kappa shape index (κ3) is 2.16. The van der Waals surface area contributed by atoms with Gasteiger partial charge in [0.1, 0.15) is 0 Å². The highest BCUT2D eigenvalue weighted by Crippen LogP contribution is 2.21. The quantitative estimate of drug-likeness (QED) is 0.768. The fourth-order valence-electron chi connectivity index (χ4n) is 2.15. The zero-order valence-corrected chi connectivity index (χ0v) is 8.41. The third-order valence-corrected chi connectivity index (χ3v) is 2.97. The Balaban J connectivity index is 1.93. The molecular formula is C11H18N2O. The van der Waals surface area contributed by atoms with Gasteiger partial charge in [0, 0.05) is 24.2 Å². The van der Waals surface area contributed by atoms with Crippen molar-refractivity contribution in [3.05, 3.63) is 24.2 Å². The minimum absolute atomic E-state index is 0.261. The molecule has 2 rings (SSSR count). The Morgan fingerprint density at radius 1 is 1.50 bits per heavy atom. The first kappa shape index (κ1) is 9.74.